The third-order valence-corrected chi connectivity index (χ3v) is 6.10. The summed E-state index contributed by atoms with van der Waals surface area (Å²) in [7, 11) is 0. The highest BCUT2D eigenvalue weighted by molar-refractivity contribution is 9.10. The van der Waals surface area contributed by atoms with Crippen LogP contribution in [-0.4, -0.2) is 16.0 Å². The molecule has 3 nitrogen and oxygen atoms in total. The first kappa shape index (κ1) is 15.9. The zero-order chi connectivity index (χ0) is 14.7. The fourth-order valence-corrected chi connectivity index (χ4v) is 4.89. The van der Waals surface area contributed by atoms with E-state index in [9.17, 15) is 0 Å². The maximum absolute atomic E-state index is 6.30. The molecule has 2 N–H and O–H groups in total. The molecular weight excluding hydrogens is 354 g/mol. The van der Waals surface area contributed by atoms with Gasteiger partial charge < -0.3 is 5.73 Å². The van der Waals surface area contributed by atoms with Crippen LogP contribution >= 0.6 is 39.0 Å². The van der Waals surface area contributed by atoms with Crippen LogP contribution < -0.4 is 5.73 Å². The van der Waals surface area contributed by atoms with Crippen LogP contribution in [0.4, 0.5) is 0 Å². The Balaban J connectivity index is 2.28. The number of halogens is 1. The minimum Gasteiger partial charge on any atom is -0.326 e. The maximum Gasteiger partial charge on any atom is 0.188 e. The zero-order valence-electron chi connectivity index (χ0n) is 11.8. The van der Waals surface area contributed by atoms with Crippen LogP contribution in [0.25, 0.3) is 0 Å². The molecular formula is C14H18BrN3S2. The molecule has 6 heteroatoms. The van der Waals surface area contributed by atoms with Gasteiger partial charge in [-0.3, -0.25) is 0 Å². The quantitative estimate of drug-likeness (QED) is 0.621. The van der Waals surface area contributed by atoms with Crippen molar-refractivity contribution in [3.05, 3.63) is 38.3 Å². The van der Waals surface area contributed by atoms with Gasteiger partial charge in [0.25, 0.3) is 0 Å². The van der Waals surface area contributed by atoms with Gasteiger partial charge in [0.15, 0.2) is 5.16 Å². The molecule has 0 amide bonds. The number of aromatic nitrogens is 2. The lowest BCUT2D eigenvalue weighted by Crippen LogP contribution is -2.25. The summed E-state index contributed by atoms with van der Waals surface area (Å²) < 4.78 is 1.10. The third-order valence-electron chi connectivity index (χ3n) is 2.92. The Hall–Kier alpha value is -0.430. The van der Waals surface area contributed by atoms with Crippen molar-refractivity contribution in [3.8, 4) is 0 Å². The summed E-state index contributed by atoms with van der Waals surface area (Å²) in [5.41, 5.74) is 8.29. The summed E-state index contributed by atoms with van der Waals surface area (Å²) >= 11 is 6.89. The summed E-state index contributed by atoms with van der Waals surface area (Å²) in [5, 5.41) is 3.09. The van der Waals surface area contributed by atoms with Gasteiger partial charge in [-0.2, -0.15) is 0 Å². The van der Waals surface area contributed by atoms with Crippen LogP contribution in [0.2, 0.25) is 0 Å². The van der Waals surface area contributed by atoms with E-state index in [1.807, 2.05) is 19.9 Å². The number of nitrogens with two attached hydrogens (primary N) is 1. The molecule has 20 heavy (non-hydrogen) atoms. The number of aryl methyl sites for hydroxylation is 2. The van der Waals surface area contributed by atoms with Gasteiger partial charge in [0, 0.05) is 32.2 Å². The fraction of sp³-hybridized carbons (Fsp3) is 0.429. The zero-order valence-corrected chi connectivity index (χ0v) is 15.0. The SMILES string of the molecule is CCC(N)C(Sc1nc(C)cc(C)n1)c1cc(Br)cs1. The van der Waals surface area contributed by atoms with Gasteiger partial charge >= 0.3 is 0 Å². The molecule has 0 bridgehead atoms. The van der Waals surface area contributed by atoms with E-state index in [0.717, 1.165) is 27.4 Å². The molecule has 0 aliphatic carbocycles. The second-order valence-corrected chi connectivity index (χ2v) is 7.68. The molecule has 0 fully saturated rings. The van der Waals surface area contributed by atoms with Gasteiger partial charge in [0.1, 0.15) is 0 Å². The average Bonchev–Trinajstić information content (AvgIpc) is 2.80. The van der Waals surface area contributed by atoms with Crippen molar-refractivity contribution in [2.45, 2.75) is 43.6 Å². The molecule has 2 unspecified atom stereocenters. The Kier molecular flexibility index (Phi) is 5.60. The standard InChI is InChI=1S/C14H18BrN3S2/c1-4-11(16)13(12-6-10(15)7-19-12)20-14-17-8(2)5-9(3)18-14/h5-7,11,13H,4,16H2,1-3H3. The molecule has 0 aliphatic heterocycles. The van der Waals surface area contributed by atoms with Gasteiger partial charge in [-0.15, -0.1) is 11.3 Å². The van der Waals surface area contributed by atoms with E-state index in [-0.39, 0.29) is 11.3 Å². The van der Waals surface area contributed by atoms with E-state index in [1.54, 1.807) is 23.1 Å². The first-order valence-electron chi connectivity index (χ1n) is 6.48. The van der Waals surface area contributed by atoms with E-state index in [2.05, 4.69) is 44.3 Å². The van der Waals surface area contributed by atoms with Crippen molar-refractivity contribution in [2.75, 3.05) is 0 Å². The van der Waals surface area contributed by atoms with Crippen molar-refractivity contribution < 1.29 is 0 Å². The maximum atomic E-state index is 6.30. The number of hydrogen-bond acceptors (Lipinski definition) is 5. The Morgan fingerprint density at radius 2 is 1.95 bits per heavy atom. The number of thiophene rings is 1. The summed E-state index contributed by atoms with van der Waals surface area (Å²) in [6.07, 6.45) is 0.929. The summed E-state index contributed by atoms with van der Waals surface area (Å²) in [6, 6.07) is 4.22. The molecule has 0 aliphatic rings. The Labute approximate surface area is 136 Å². The molecule has 2 heterocycles. The van der Waals surface area contributed by atoms with Gasteiger partial charge in [0.2, 0.25) is 0 Å². The molecule has 0 spiro atoms. The molecule has 0 saturated carbocycles. The number of thioether (sulfide) groups is 1. The van der Waals surface area contributed by atoms with Crippen LogP contribution in [-0.2, 0) is 0 Å². The van der Waals surface area contributed by atoms with Gasteiger partial charge in [0.05, 0.1) is 5.25 Å². The highest BCUT2D eigenvalue weighted by atomic mass is 79.9. The van der Waals surface area contributed by atoms with E-state index >= 15 is 0 Å². The Morgan fingerprint density at radius 1 is 1.30 bits per heavy atom. The number of nitrogens with zero attached hydrogens (tertiary/aromatic N) is 2. The molecule has 2 atom stereocenters. The van der Waals surface area contributed by atoms with Crippen LogP contribution in [0.1, 0.15) is 34.9 Å². The van der Waals surface area contributed by atoms with Crippen molar-refractivity contribution in [1.29, 1.82) is 0 Å². The van der Waals surface area contributed by atoms with Crippen LogP contribution in [0.5, 0.6) is 0 Å². The highest BCUT2D eigenvalue weighted by Gasteiger charge is 2.23. The first-order valence-corrected chi connectivity index (χ1v) is 9.03. The fourth-order valence-electron chi connectivity index (χ4n) is 1.91. The van der Waals surface area contributed by atoms with E-state index < -0.39 is 0 Å². The first-order chi connectivity index (χ1) is 9.49. The Morgan fingerprint density at radius 3 is 2.45 bits per heavy atom. The van der Waals surface area contributed by atoms with Crippen molar-refractivity contribution in [1.82, 2.24) is 9.97 Å². The number of rotatable bonds is 5. The van der Waals surface area contributed by atoms with E-state index in [4.69, 9.17) is 5.73 Å². The third kappa shape index (κ3) is 4.04. The molecule has 0 saturated heterocycles. The normalized spacial score (nSPS) is 14.2. The predicted molar refractivity (Wildman–Crippen MR) is 90.4 cm³/mol. The van der Waals surface area contributed by atoms with Crippen molar-refractivity contribution >= 4 is 39.0 Å². The minimum atomic E-state index is 0.0926. The molecule has 0 aromatic carbocycles. The predicted octanol–water partition coefficient (Wildman–Crippen LogP) is 4.49. The second-order valence-electron chi connectivity index (χ2n) is 4.71. The topological polar surface area (TPSA) is 51.8 Å². The second kappa shape index (κ2) is 7.02. The molecule has 2 rings (SSSR count). The van der Waals surface area contributed by atoms with E-state index in [0.29, 0.717) is 0 Å². The lowest BCUT2D eigenvalue weighted by atomic mass is 10.1. The summed E-state index contributed by atoms with van der Waals surface area (Å²) in [4.78, 5) is 10.3. The van der Waals surface area contributed by atoms with Crippen molar-refractivity contribution in [2.24, 2.45) is 5.73 Å². The molecule has 0 radical (unpaired) electrons. The lowest BCUT2D eigenvalue weighted by Gasteiger charge is -2.20. The summed E-state index contributed by atoms with van der Waals surface area (Å²) in [5.74, 6) is 0. The molecule has 2 aromatic heterocycles. The smallest absolute Gasteiger partial charge is 0.188 e. The molecule has 2 aromatic rings. The van der Waals surface area contributed by atoms with Gasteiger partial charge in [-0.1, -0.05) is 18.7 Å². The average molecular weight is 372 g/mol. The summed E-state index contributed by atoms with van der Waals surface area (Å²) in [6.45, 7) is 6.10. The van der Waals surface area contributed by atoms with Crippen LogP contribution in [0, 0.1) is 13.8 Å². The monoisotopic (exact) mass is 371 g/mol. The van der Waals surface area contributed by atoms with Crippen LogP contribution in [0.15, 0.2) is 27.1 Å². The van der Waals surface area contributed by atoms with E-state index in [1.165, 1.54) is 4.88 Å². The highest BCUT2D eigenvalue weighted by Crippen LogP contribution is 2.40. The van der Waals surface area contributed by atoms with Gasteiger partial charge in [-0.05, 0) is 48.3 Å². The molecule has 108 valence electrons. The van der Waals surface area contributed by atoms with Crippen LogP contribution in [0.3, 0.4) is 0 Å². The van der Waals surface area contributed by atoms with Gasteiger partial charge in [-0.25, -0.2) is 9.97 Å². The number of hydrogen-bond donors (Lipinski definition) is 1. The minimum absolute atomic E-state index is 0.0926. The lowest BCUT2D eigenvalue weighted by molar-refractivity contribution is 0.637. The van der Waals surface area contributed by atoms with Crippen molar-refractivity contribution in [3.63, 3.8) is 0 Å². The Bertz CT molecular complexity index is 565. The largest absolute Gasteiger partial charge is 0.326 e.